The second-order valence-corrected chi connectivity index (χ2v) is 6.59. The van der Waals surface area contributed by atoms with Crippen LogP contribution in [-0.4, -0.2) is 45.8 Å². The number of alkyl halides is 1. The summed E-state index contributed by atoms with van der Waals surface area (Å²) in [6.45, 7) is 0.826. The molecule has 0 spiro atoms. The molecule has 0 radical (unpaired) electrons. The van der Waals surface area contributed by atoms with Crippen LogP contribution in [0.5, 0.6) is 0 Å². The van der Waals surface area contributed by atoms with Crippen molar-refractivity contribution >= 4 is 28.6 Å². The van der Waals surface area contributed by atoms with E-state index in [4.69, 9.17) is 11.5 Å². The Bertz CT molecular complexity index is 972. The Hall–Kier alpha value is -3.36. The van der Waals surface area contributed by atoms with Crippen molar-refractivity contribution in [1.29, 1.82) is 0 Å². The summed E-state index contributed by atoms with van der Waals surface area (Å²) in [5, 5.41) is 7.34. The SMILES string of the molecule is NC(=O)c1cnn2cccc2c1N[C@@H]1CCN(c2ccc(N)cn2)C[C@@H]1F. The molecule has 0 unspecified atom stereocenters. The molecule has 4 rings (SSSR count). The van der Waals surface area contributed by atoms with Crippen LogP contribution in [0.3, 0.4) is 0 Å². The van der Waals surface area contributed by atoms with Gasteiger partial charge in [0, 0.05) is 12.7 Å². The highest BCUT2D eigenvalue weighted by molar-refractivity contribution is 6.01. The average molecular weight is 369 g/mol. The summed E-state index contributed by atoms with van der Waals surface area (Å²) in [5.74, 6) is 0.0913. The third kappa shape index (κ3) is 3.23. The van der Waals surface area contributed by atoms with Crippen molar-refractivity contribution in [3.63, 3.8) is 0 Å². The lowest BCUT2D eigenvalue weighted by atomic mass is 10.0. The number of carbonyl (C=O) groups is 1. The van der Waals surface area contributed by atoms with E-state index in [2.05, 4.69) is 15.4 Å². The smallest absolute Gasteiger partial charge is 0.252 e. The molecule has 5 N–H and O–H groups in total. The van der Waals surface area contributed by atoms with E-state index in [0.29, 0.717) is 35.7 Å². The van der Waals surface area contributed by atoms with Gasteiger partial charge in [-0.25, -0.2) is 13.9 Å². The van der Waals surface area contributed by atoms with Crippen LogP contribution in [0.1, 0.15) is 16.8 Å². The first kappa shape index (κ1) is 17.1. The summed E-state index contributed by atoms with van der Waals surface area (Å²) < 4.78 is 16.5. The third-order valence-corrected chi connectivity index (χ3v) is 4.80. The molecule has 9 heteroatoms. The topological polar surface area (TPSA) is 115 Å². The molecule has 1 aliphatic heterocycles. The fourth-order valence-corrected chi connectivity index (χ4v) is 3.38. The van der Waals surface area contributed by atoms with E-state index in [-0.39, 0.29) is 12.1 Å². The number of anilines is 3. The number of nitrogen functional groups attached to an aromatic ring is 1. The van der Waals surface area contributed by atoms with Crippen molar-refractivity contribution in [3.05, 3.63) is 48.4 Å². The second kappa shape index (κ2) is 6.75. The molecule has 4 heterocycles. The average Bonchev–Trinajstić information content (AvgIpc) is 3.13. The molecule has 0 aromatic carbocycles. The molecule has 1 saturated heterocycles. The third-order valence-electron chi connectivity index (χ3n) is 4.80. The number of hydrogen-bond acceptors (Lipinski definition) is 6. The van der Waals surface area contributed by atoms with Crippen LogP contribution in [0.15, 0.2) is 42.9 Å². The first-order valence-electron chi connectivity index (χ1n) is 8.66. The van der Waals surface area contributed by atoms with Crippen LogP contribution in [-0.2, 0) is 0 Å². The summed E-state index contributed by atoms with van der Waals surface area (Å²) in [4.78, 5) is 17.9. The van der Waals surface area contributed by atoms with E-state index >= 15 is 0 Å². The van der Waals surface area contributed by atoms with Gasteiger partial charge in [-0.05, 0) is 30.7 Å². The monoisotopic (exact) mass is 369 g/mol. The maximum Gasteiger partial charge on any atom is 0.252 e. The lowest BCUT2D eigenvalue weighted by molar-refractivity contribution is 0.100. The van der Waals surface area contributed by atoms with Crippen LogP contribution in [0.4, 0.5) is 21.6 Å². The lowest BCUT2D eigenvalue weighted by Gasteiger charge is -2.36. The number of primary amides is 1. The fraction of sp³-hybridized carbons (Fsp3) is 0.278. The summed E-state index contributed by atoms with van der Waals surface area (Å²) in [5.41, 5.74) is 13.1. The number of aromatic nitrogens is 3. The molecule has 140 valence electrons. The first-order valence-corrected chi connectivity index (χ1v) is 8.66. The highest BCUT2D eigenvalue weighted by Gasteiger charge is 2.31. The predicted molar refractivity (Wildman–Crippen MR) is 101 cm³/mol. The molecule has 2 atom stereocenters. The molecule has 0 saturated carbocycles. The molecule has 27 heavy (non-hydrogen) atoms. The predicted octanol–water partition coefficient (Wildman–Crippen LogP) is 1.44. The number of pyridine rings is 1. The van der Waals surface area contributed by atoms with Gasteiger partial charge in [0.1, 0.15) is 12.0 Å². The first-order chi connectivity index (χ1) is 13.0. The van der Waals surface area contributed by atoms with E-state index in [1.807, 2.05) is 11.0 Å². The number of hydrogen-bond donors (Lipinski definition) is 3. The number of amides is 1. The zero-order chi connectivity index (χ0) is 19.0. The fourth-order valence-electron chi connectivity index (χ4n) is 3.38. The minimum Gasteiger partial charge on any atom is -0.397 e. The molecule has 1 aliphatic rings. The molecule has 0 aliphatic carbocycles. The van der Waals surface area contributed by atoms with Crippen molar-refractivity contribution in [1.82, 2.24) is 14.6 Å². The molecule has 3 aromatic heterocycles. The molecule has 8 nitrogen and oxygen atoms in total. The van der Waals surface area contributed by atoms with Crippen molar-refractivity contribution in [2.24, 2.45) is 5.73 Å². The number of halogens is 1. The van der Waals surface area contributed by atoms with E-state index in [1.165, 1.54) is 6.20 Å². The Labute approximate surface area is 155 Å². The molecular formula is C18H20FN7O. The standard InChI is InChI=1S/C18H20FN7O/c19-13-10-25(16-4-3-11(20)8-22-16)7-5-14(13)24-17-12(18(21)27)9-23-26-6-1-2-15(17)26/h1-4,6,8-9,13-14,24H,5,7,10,20H2,(H2,21,27)/t13-,14+/m0/s1. The number of fused-ring (bicyclic) bond motifs is 1. The Morgan fingerprint density at radius 2 is 2.15 bits per heavy atom. The van der Waals surface area contributed by atoms with Crippen molar-refractivity contribution in [3.8, 4) is 0 Å². The summed E-state index contributed by atoms with van der Waals surface area (Å²) in [6.07, 6.45) is 4.11. The van der Waals surface area contributed by atoms with Crippen molar-refractivity contribution in [2.45, 2.75) is 18.6 Å². The lowest BCUT2D eigenvalue weighted by Crippen LogP contribution is -2.48. The second-order valence-electron chi connectivity index (χ2n) is 6.59. The van der Waals surface area contributed by atoms with Crippen molar-refractivity contribution in [2.75, 3.05) is 29.0 Å². The maximum atomic E-state index is 14.9. The number of nitrogens with one attached hydrogen (secondary N) is 1. The Balaban J connectivity index is 1.55. The van der Waals surface area contributed by atoms with E-state index in [9.17, 15) is 9.18 Å². The number of rotatable bonds is 4. The Kier molecular flexibility index (Phi) is 4.27. The van der Waals surface area contributed by atoms with E-state index in [0.717, 1.165) is 0 Å². The Morgan fingerprint density at radius 3 is 2.85 bits per heavy atom. The molecular weight excluding hydrogens is 349 g/mol. The molecule has 1 fully saturated rings. The van der Waals surface area contributed by atoms with Crippen LogP contribution in [0.25, 0.3) is 5.52 Å². The van der Waals surface area contributed by atoms with Gasteiger partial charge < -0.3 is 21.7 Å². The normalized spacial score (nSPS) is 20.0. The summed E-state index contributed by atoms with van der Waals surface area (Å²) >= 11 is 0. The minimum atomic E-state index is -1.15. The highest BCUT2D eigenvalue weighted by atomic mass is 19.1. The van der Waals surface area contributed by atoms with Gasteiger partial charge in [-0.15, -0.1) is 0 Å². The number of piperidine rings is 1. The number of carbonyl (C=O) groups excluding carboxylic acids is 1. The highest BCUT2D eigenvalue weighted by Crippen LogP contribution is 2.27. The van der Waals surface area contributed by atoms with Gasteiger partial charge in [0.25, 0.3) is 5.91 Å². The van der Waals surface area contributed by atoms with Crippen LogP contribution < -0.4 is 21.7 Å². The van der Waals surface area contributed by atoms with Gasteiger partial charge in [0.15, 0.2) is 0 Å². The summed E-state index contributed by atoms with van der Waals surface area (Å²) in [6, 6.07) is 6.70. The number of nitrogens with zero attached hydrogens (tertiary/aromatic N) is 4. The van der Waals surface area contributed by atoms with E-state index < -0.39 is 18.1 Å². The van der Waals surface area contributed by atoms with Gasteiger partial charge in [-0.2, -0.15) is 5.10 Å². The van der Waals surface area contributed by atoms with Gasteiger partial charge in [-0.1, -0.05) is 0 Å². The largest absolute Gasteiger partial charge is 0.397 e. The van der Waals surface area contributed by atoms with Gasteiger partial charge in [0.05, 0.1) is 47.4 Å². The quantitative estimate of drug-likeness (QED) is 0.641. The minimum absolute atomic E-state index is 0.197. The van der Waals surface area contributed by atoms with Crippen LogP contribution in [0, 0.1) is 0 Å². The molecule has 0 bridgehead atoms. The van der Waals surface area contributed by atoms with Gasteiger partial charge >= 0.3 is 0 Å². The van der Waals surface area contributed by atoms with Gasteiger partial charge in [0.2, 0.25) is 0 Å². The van der Waals surface area contributed by atoms with Crippen molar-refractivity contribution < 1.29 is 9.18 Å². The number of nitrogens with two attached hydrogens (primary N) is 2. The summed E-state index contributed by atoms with van der Waals surface area (Å²) in [7, 11) is 0. The molecule has 3 aromatic rings. The van der Waals surface area contributed by atoms with E-state index in [1.54, 1.807) is 35.1 Å². The zero-order valence-electron chi connectivity index (χ0n) is 14.5. The Morgan fingerprint density at radius 1 is 1.30 bits per heavy atom. The van der Waals surface area contributed by atoms with Gasteiger partial charge in [-0.3, -0.25) is 4.79 Å². The maximum absolute atomic E-state index is 14.9. The zero-order valence-corrected chi connectivity index (χ0v) is 14.5. The van der Waals surface area contributed by atoms with Crippen LogP contribution in [0.2, 0.25) is 0 Å². The van der Waals surface area contributed by atoms with Crippen LogP contribution >= 0.6 is 0 Å². The molecule has 1 amide bonds.